The summed E-state index contributed by atoms with van der Waals surface area (Å²) >= 11 is 6.03. The summed E-state index contributed by atoms with van der Waals surface area (Å²) in [6.07, 6.45) is 3.19. The number of Topliss-reactive ketones (excluding diaryl/α,β-unsaturated/α-hetero) is 1. The molecule has 0 saturated carbocycles. The van der Waals surface area contributed by atoms with Crippen molar-refractivity contribution in [3.05, 3.63) is 101 Å². The third kappa shape index (κ3) is 3.06. The van der Waals surface area contributed by atoms with Crippen LogP contribution in [0.3, 0.4) is 0 Å². The van der Waals surface area contributed by atoms with E-state index in [-0.39, 0.29) is 11.3 Å². The molecule has 5 nitrogen and oxygen atoms in total. The third-order valence-electron chi connectivity index (χ3n) is 4.58. The van der Waals surface area contributed by atoms with Gasteiger partial charge >= 0.3 is 0 Å². The van der Waals surface area contributed by atoms with E-state index in [0.717, 1.165) is 0 Å². The van der Waals surface area contributed by atoms with Crippen molar-refractivity contribution in [3.63, 3.8) is 0 Å². The normalized spacial score (nSPS) is 18.5. The fourth-order valence-corrected chi connectivity index (χ4v) is 3.52. The monoisotopic (exact) mass is 390 g/mol. The van der Waals surface area contributed by atoms with Gasteiger partial charge in [-0.1, -0.05) is 48.0 Å². The van der Waals surface area contributed by atoms with E-state index in [1.54, 1.807) is 73.1 Å². The Labute approximate surface area is 166 Å². The predicted molar refractivity (Wildman–Crippen MR) is 107 cm³/mol. The summed E-state index contributed by atoms with van der Waals surface area (Å²) in [5.74, 6) is -1.73. The summed E-state index contributed by atoms with van der Waals surface area (Å²) in [4.78, 5) is 31.3. The summed E-state index contributed by atoms with van der Waals surface area (Å²) in [5, 5.41) is 11.3. The fraction of sp³-hybridized carbons (Fsp3) is 0.0455. The molecule has 1 atom stereocenters. The molecule has 1 unspecified atom stereocenters. The second-order valence-corrected chi connectivity index (χ2v) is 6.74. The fourth-order valence-electron chi connectivity index (χ4n) is 3.33. The number of aromatic nitrogens is 1. The highest BCUT2D eigenvalue weighted by molar-refractivity contribution is 6.51. The van der Waals surface area contributed by atoms with Gasteiger partial charge in [-0.3, -0.25) is 19.5 Å². The minimum absolute atomic E-state index is 0.00381. The predicted octanol–water partition coefficient (Wildman–Crippen LogP) is 4.36. The summed E-state index contributed by atoms with van der Waals surface area (Å²) in [6, 6.07) is 18.1. The van der Waals surface area contributed by atoms with Crippen molar-refractivity contribution >= 4 is 34.7 Å². The lowest BCUT2D eigenvalue weighted by molar-refractivity contribution is -0.132. The van der Waals surface area contributed by atoms with Crippen molar-refractivity contribution < 1.29 is 14.7 Å². The van der Waals surface area contributed by atoms with Gasteiger partial charge in [-0.05, 0) is 35.9 Å². The summed E-state index contributed by atoms with van der Waals surface area (Å²) in [6.45, 7) is 0. The van der Waals surface area contributed by atoms with E-state index in [1.807, 2.05) is 6.07 Å². The molecule has 28 heavy (non-hydrogen) atoms. The number of amides is 1. The van der Waals surface area contributed by atoms with E-state index in [2.05, 4.69) is 4.98 Å². The number of pyridine rings is 1. The van der Waals surface area contributed by atoms with Crippen LogP contribution < -0.4 is 4.90 Å². The molecule has 1 fully saturated rings. The lowest BCUT2D eigenvalue weighted by Crippen LogP contribution is -2.29. The van der Waals surface area contributed by atoms with Crippen LogP contribution in [0.2, 0.25) is 5.02 Å². The van der Waals surface area contributed by atoms with Gasteiger partial charge in [0.2, 0.25) is 0 Å². The van der Waals surface area contributed by atoms with Crippen molar-refractivity contribution in [3.8, 4) is 0 Å². The van der Waals surface area contributed by atoms with Gasteiger partial charge in [0.15, 0.2) is 0 Å². The van der Waals surface area contributed by atoms with Crippen molar-refractivity contribution in [2.45, 2.75) is 6.04 Å². The summed E-state index contributed by atoms with van der Waals surface area (Å²) < 4.78 is 0. The lowest BCUT2D eigenvalue weighted by atomic mass is 9.96. The molecular formula is C22H15ClN2O3. The van der Waals surface area contributed by atoms with Crippen LogP contribution in [0.25, 0.3) is 5.76 Å². The summed E-state index contributed by atoms with van der Waals surface area (Å²) in [5.41, 5.74) is 1.55. The molecule has 138 valence electrons. The smallest absolute Gasteiger partial charge is 0.300 e. The van der Waals surface area contributed by atoms with Gasteiger partial charge < -0.3 is 5.11 Å². The van der Waals surface area contributed by atoms with E-state index in [9.17, 15) is 14.7 Å². The first-order valence-electron chi connectivity index (χ1n) is 8.60. The van der Waals surface area contributed by atoms with Crippen LogP contribution >= 0.6 is 11.6 Å². The van der Waals surface area contributed by atoms with Crippen LogP contribution in [0.5, 0.6) is 0 Å². The molecule has 1 aliphatic heterocycles. The van der Waals surface area contributed by atoms with Gasteiger partial charge in [-0.15, -0.1) is 0 Å². The molecular weight excluding hydrogens is 376 g/mol. The SMILES string of the molecule is O=C1C(=O)N(c2ccccc2)C(c2cccnc2)/C1=C(/O)c1cccc(Cl)c1. The van der Waals surface area contributed by atoms with Gasteiger partial charge in [0.05, 0.1) is 11.6 Å². The Hall–Kier alpha value is -3.44. The number of carbonyl (C=O) groups is 2. The zero-order valence-electron chi connectivity index (χ0n) is 14.6. The Balaban J connectivity index is 1.95. The largest absolute Gasteiger partial charge is 0.507 e. The first-order chi connectivity index (χ1) is 13.6. The maximum absolute atomic E-state index is 12.9. The number of nitrogens with zero attached hydrogens (tertiary/aromatic N) is 2. The average Bonchev–Trinajstić information content (AvgIpc) is 2.99. The first-order valence-corrected chi connectivity index (χ1v) is 8.97. The zero-order chi connectivity index (χ0) is 19.7. The molecule has 0 spiro atoms. The van der Waals surface area contributed by atoms with Crippen LogP contribution in [-0.4, -0.2) is 21.8 Å². The Bertz CT molecular complexity index is 1080. The zero-order valence-corrected chi connectivity index (χ0v) is 15.4. The molecule has 1 saturated heterocycles. The number of halogens is 1. The van der Waals surface area contributed by atoms with Crippen molar-refractivity contribution in [2.75, 3.05) is 4.90 Å². The van der Waals surface area contributed by atoms with Crippen molar-refractivity contribution in [1.29, 1.82) is 0 Å². The van der Waals surface area contributed by atoms with E-state index in [0.29, 0.717) is 21.8 Å². The topological polar surface area (TPSA) is 70.5 Å². The van der Waals surface area contributed by atoms with E-state index in [4.69, 9.17) is 11.6 Å². The number of ketones is 1. The van der Waals surface area contributed by atoms with Crippen molar-refractivity contribution in [2.24, 2.45) is 0 Å². The first kappa shape index (κ1) is 17.9. The molecule has 3 aromatic rings. The number of rotatable bonds is 3. The van der Waals surface area contributed by atoms with Crippen LogP contribution in [0.4, 0.5) is 5.69 Å². The van der Waals surface area contributed by atoms with Gasteiger partial charge in [0, 0.05) is 28.7 Å². The minimum Gasteiger partial charge on any atom is -0.507 e. The number of anilines is 1. The van der Waals surface area contributed by atoms with Crippen LogP contribution in [0, 0.1) is 0 Å². The van der Waals surface area contributed by atoms with Gasteiger partial charge in [0.25, 0.3) is 11.7 Å². The van der Waals surface area contributed by atoms with Crippen molar-refractivity contribution in [1.82, 2.24) is 4.98 Å². The third-order valence-corrected chi connectivity index (χ3v) is 4.81. The number of benzene rings is 2. The number of aliphatic hydroxyl groups is 1. The second kappa shape index (κ2) is 7.29. The molecule has 0 aliphatic carbocycles. The molecule has 1 amide bonds. The maximum atomic E-state index is 12.9. The number of para-hydroxylation sites is 1. The van der Waals surface area contributed by atoms with Crippen LogP contribution in [-0.2, 0) is 9.59 Å². The van der Waals surface area contributed by atoms with Crippen LogP contribution in [0.1, 0.15) is 17.2 Å². The quantitative estimate of drug-likeness (QED) is 0.410. The average molecular weight is 391 g/mol. The lowest BCUT2D eigenvalue weighted by Gasteiger charge is -2.25. The highest BCUT2D eigenvalue weighted by Crippen LogP contribution is 2.41. The Morgan fingerprint density at radius 1 is 1.00 bits per heavy atom. The van der Waals surface area contributed by atoms with E-state index < -0.39 is 17.7 Å². The minimum atomic E-state index is -0.796. The van der Waals surface area contributed by atoms with Crippen LogP contribution in [0.15, 0.2) is 84.7 Å². The second-order valence-electron chi connectivity index (χ2n) is 6.30. The number of hydrogen-bond donors (Lipinski definition) is 1. The number of aliphatic hydroxyl groups excluding tert-OH is 1. The standard InChI is InChI=1S/C22H15ClN2O3/c23-16-8-4-6-14(12-16)20(26)18-19(15-7-5-11-24-13-15)25(22(28)21(18)27)17-9-2-1-3-10-17/h1-13,19,26H/b20-18-. The Kier molecular flexibility index (Phi) is 4.67. The number of hydrogen-bond acceptors (Lipinski definition) is 4. The van der Waals surface area contributed by atoms with Gasteiger partial charge in [-0.25, -0.2) is 0 Å². The Morgan fingerprint density at radius 2 is 1.79 bits per heavy atom. The molecule has 1 aliphatic rings. The Morgan fingerprint density at radius 3 is 2.46 bits per heavy atom. The van der Waals surface area contributed by atoms with E-state index >= 15 is 0 Å². The molecule has 1 aromatic heterocycles. The summed E-state index contributed by atoms with van der Waals surface area (Å²) in [7, 11) is 0. The molecule has 0 bridgehead atoms. The molecule has 2 aromatic carbocycles. The molecule has 4 rings (SSSR count). The highest BCUT2D eigenvalue weighted by atomic mass is 35.5. The molecule has 6 heteroatoms. The highest BCUT2D eigenvalue weighted by Gasteiger charge is 2.47. The van der Waals surface area contributed by atoms with Gasteiger partial charge in [0.1, 0.15) is 5.76 Å². The van der Waals surface area contributed by atoms with E-state index in [1.165, 1.54) is 4.90 Å². The number of carbonyl (C=O) groups excluding carboxylic acids is 2. The molecule has 0 radical (unpaired) electrons. The maximum Gasteiger partial charge on any atom is 0.300 e. The molecule has 1 N–H and O–H groups in total. The van der Waals surface area contributed by atoms with Gasteiger partial charge in [-0.2, -0.15) is 0 Å². The molecule has 2 heterocycles.